The second-order valence-electron chi connectivity index (χ2n) is 2.98. The first-order valence-electron chi connectivity index (χ1n) is 4.19. The first-order valence-corrected chi connectivity index (χ1v) is 4.19. The molecule has 2 heterocycles. The molecule has 0 radical (unpaired) electrons. The van der Waals surface area contributed by atoms with Gasteiger partial charge in [0.05, 0.1) is 24.6 Å². The van der Waals surface area contributed by atoms with Gasteiger partial charge >= 0.3 is 0 Å². The summed E-state index contributed by atoms with van der Waals surface area (Å²) in [6.07, 6.45) is 3.47. The van der Waals surface area contributed by atoms with Gasteiger partial charge in [0.15, 0.2) is 0 Å². The number of aliphatic hydroxyl groups is 1. The highest BCUT2D eigenvalue weighted by molar-refractivity contribution is 5.74. The van der Waals surface area contributed by atoms with Crippen LogP contribution in [0.15, 0.2) is 18.6 Å². The zero-order chi connectivity index (χ0) is 9.26. The van der Waals surface area contributed by atoms with Crippen molar-refractivity contribution in [1.29, 1.82) is 0 Å². The van der Waals surface area contributed by atoms with E-state index in [0.717, 1.165) is 16.7 Å². The zero-order valence-electron chi connectivity index (χ0n) is 7.44. The Morgan fingerprint density at radius 1 is 1.46 bits per heavy atom. The van der Waals surface area contributed by atoms with Crippen LogP contribution in [0.4, 0.5) is 0 Å². The van der Waals surface area contributed by atoms with Crippen LogP contribution in [-0.4, -0.2) is 26.2 Å². The summed E-state index contributed by atoms with van der Waals surface area (Å²) in [6, 6.07) is 1.97. The lowest BCUT2D eigenvalue weighted by atomic mass is 10.3. The summed E-state index contributed by atoms with van der Waals surface area (Å²) < 4.78 is 1.92. The molecule has 0 atom stereocenters. The number of aromatic nitrogens is 3. The van der Waals surface area contributed by atoms with Gasteiger partial charge in [-0.2, -0.15) is 0 Å². The lowest BCUT2D eigenvalue weighted by molar-refractivity contribution is 0.278. The fourth-order valence-corrected chi connectivity index (χ4v) is 1.35. The van der Waals surface area contributed by atoms with Crippen molar-refractivity contribution in [3.05, 3.63) is 24.3 Å². The molecule has 0 aliphatic carbocycles. The summed E-state index contributed by atoms with van der Waals surface area (Å²) in [5.74, 6) is 0. The van der Waals surface area contributed by atoms with Gasteiger partial charge in [-0.3, -0.25) is 4.98 Å². The standard InChI is InChI=1S/C9H11N3O/c1-7-4-9-8(5-10-7)11-6-12(9)2-3-13/h4-6,13H,2-3H2,1H3. The number of nitrogens with zero attached hydrogens (tertiary/aromatic N) is 3. The van der Waals surface area contributed by atoms with Crippen molar-refractivity contribution in [2.24, 2.45) is 0 Å². The maximum Gasteiger partial charge on any atom is 0.107 e. The number of hydrogen-bond acceptors (Lipinski definition) is 3. The smallest absolute Gasteiger partial charge is 0.107 e. The molecule has 0 saturated heterocycles. The quantitative estimate of drug-likeness (QED) is 0.735. The van der Waals surface area contributed by atoms with Crippen molar-refractivity contribution >= 4 is 11.0 Å². The van der Waals surface area contributed by atoms with Crippen molar-refractivity contribution in [3.63, 3.8) is 0 Å². The van der Waals surface area contributed by atoms with Gasteiger partial charge in [0.25, 0.3) is 0 Å². The molecule has 4 heteroatoms. The van der Waals surface area contributed by atoms with E-state index in [1.165, 1.54) is 0 Å². The van der Waals surface area contributed by atoms with Gasteiger partial charge in [-0.15, -0.1) is 0 Å². The van der Waals surface area contributed by atoms with Gasteiger partial charge < -0.3 is 9.67 Å². The number of fused-ring (bicyclic) bond motifs is 1. The average molecular weight is 177 g/mol. The Bertz CT molecular complexity index is 422. The predicted octanol–water partition coefficient (Wildman–Crippen LogP) is 0.732. The van der Waals surface area contributed by atoms with Gasteiger partial charge in [0.1, 0.15) is 5.52 Å². The van der Waals surface area contributed by atoms with Crippen LogP contribution >= 0.6 is 0 Å². The molecular weight excluding hydrogens is 166 g/mol. The third-order valence-corrected chi connectivity index (χ3v) is 1.99. The molecule has 0 aromatic carbocycles. The monoisotopic (exact) mass is 177 g/mol. The molecule has 0 saturated carbocycles. The summed E-state index contributed by atoms with van der Waals surface area (Å²) in [5.41, 5.74) is 2.87. The number of aryl methyl sites for hydroxylation is 1. The molecular formula is C9H11N3O. The molecule has 2 aromatic rings. The molecule has 13 heavy (non-hydrogen) atoms. The van der Waals surface area contributed by atoms with Crippen LogP contribution in [0.5, 0.6) is 0 Å². The largest absolute Gasteiger partial charge is 0.395 e. The van der Waals surface area contributed by atoms with E-state index in [9.17, 15) is 0 Å². The first-order chi connectivity index (χ1) is 6.31. The Morgan fingerprint density at radius 2 is 2.31 bits per heavy atom. The summed E-state index contributed by atoms with van der Waals surface area (Å²) in [5, 5.41) is 8.80. The van der Waals surface area contributed by atoms with E-state index in [2.05, 4.69) is 9.97 Å². The van der Waals surface area contributed by atoms with E-state index >= 15 is 0 Å². The average Bonchev–Trinajstić information content (AvgIpc) is 2.49. The fourth-order valence-electron chi connectivity index (χ4n) is 1.35. The third kappa shape index (κ3) is 1.40. The Morgan fingerprint density at radius 3 is 3.08 bits per heavy atom. The van der Waals surface area contributed by atoms with Crippen LogP contribution in [0.1, 0.15) is 5.69 Å². The SMILES string of the molecule is Cc1cc2c(cn1)ncn2CCO. The third-order valence-electron chi connectivity index (χ3n) is 1.99. The molecule has 0 aliphatic heterocycles. The van der Waals surface area contributed by atoms with Gasteiger partial charge in [-0.25, -0.2) is 4.98 Å². The zero-order valence-corrected chi connectivity index (χ0v) is 7.44. The number of imidazole rings is 1. The van der Waals surface area contributed by atoms with E-state index in [4.69, 9.17) is 5.11 Å². The van der Waals surface area contributed by atoms with E-state index in [1.807, 2.05) is 17.6 Å². The lowest BCUT2D eigenvalue weighted by Gasteiger charge is -2.00. The Kier molecular flexibility index (Phi) is 1.98. The molecule has 1 N–H and O–H groups in total. The number of aliphatic hydroxyl groups excluding tert-OH is 1. The van der Waals surface area contributed by atoms with Crippen molar-refractivity contribution in [1.82, 2.24) is 14.5 Å². The minimum Gasteiger partial charge on any atom is -0.395 e. The molecule has 0 unspecified atom stereocenters. The fraction of sp³-hybridized carbons (Fsp3) is 0.333. The first kappa shape index (κ1) is 8.19. The normalized spacial score (nSPS) is 10.9. The second-order valence-corrected chi connectivity index (χ2v) is 2.98. The molecule has 0 bridgehead atoms. The minimum atomic E-state index is 0.132. The molecule has 68 valence electrons. The molecule has 0 spiro atoms. The van der Waals surface area contributed by atoms with Gasteiger partial charge in [-0.1, -0.05) is 0 Å². The minimum absolute atomic E-state index is 0.132. The van der Waals surface area contributed by atoms with Crippen LogP contribution in [0.3, 0.4) is 0 Å². The van der Waals surface area contributed by atoms with Crippen molar-refractivity contribution in [2.75, 3.05) is 6.61 Å². The van der Waals surface area contributed by atoms with Gasteiger partial charge in [0.2, 0.25) is 0 Å². The van der Waals surface area contributed by atoms with E-state index in [-0.39, 0.29) is 6.61 Å². The summed E-state index contributed by atoms with van der Waals surface area (Å²) >= 11 is 0. The summed E-state index contributed by atoms with van der Waals surface area (Å²) in [6.45, 7) is 2.66. The van der Waals surface area contributed by atoms with E-state index in [0.29, 0.717) is 6.54 Å². The topological polar surface area (TPSA) is 50.9 Å². The highest BCUT2D eigenvalue weighted by atomic mass is 16.3. The molecule has 2 rings (SSSR count). The number of rotatable bonds is 2. The van der Waals surface area contributed by atoms with Crippen LogP contribution in [0.25, 0.3) is 11.0 Å². The molecule has 0 fully saturated rings. The van der Waals surface area contributed by atoms with Crippen molar-refractivity contribution in [3.8, 4) is 0 Å². The second kappa shape index (κ2) is 3.14. The van der Waals surface area contributed by atoms with E-state index in [1.54, 1.807) is 12.5 Å². The van der Waals surface area contributed by atoms with Gasteiger partial charge in [-0.05, 0) is 13.0 Å². The Hall–Kier alpha value is -1.42. The van der Waals surface area contributed by atoms with Gasteiger partial charge in [0, 0.05) is 12.2 Å². The number of pyridine rings is 1. The maximum absolute atomic E-state index is 8.80. The van der Waals surface area contributed by atoms with Crippen LogP contribution < -0.4 is 0 Å². The summed E-state index contributed by atoms with van der Waals surface area (Å²) in [4.78, 5) is 8.31. The van der Waals surface area contributed by atoms with Crippen LogP contribution in [-0.2, 0) is 6.54 Å². The van der Waals surface area contributed by atoms with Crippen molar-refractivity contribution in [2.45, 2.75) is 13.5 Å². The lowest BCUT2D eigenvalue weighted by Crippen LogP contribution is -2.00. The van der Waals surface area contributed by atoms with E-state index < -0.39 is 0 Å². The van der Waals surface area contributed by atoms with Crippen molar-refractivity contribution < 1.29 is 5.11 Å². The maximum atomic E-state index is 8.80. The van der Waals surface area contributed by atoms with Crippen LogP contribution in [0, 0.1) is 6.92 Å². The van der Waals surface area contributed by atoms with Crippen LogP contribution in [0.2, 0.25) is 0 Å². The molecule has 4 nitrogen and oxygen atoms in total. The molecule has 0 amide bonds. The Labute approximate surface area is 75.9 Å². The summed E-state index contributed by atoms with van der Waals surface area (Å²) in [7, 11) is 0. The number of hydrogen-bond donors (Lipinski definition) is 1. The molecule has 0 aliphatic rings. The molecule has 2 aromatic heterocycles. The Balaban J connectivity index is 2.58. The highest BCUT2D eigenvalue weighted by Gasteiger charge is 2.01. The highest BCUT2D eigenvalue weighted by Crippen LogP contribution is 2.11. The predicted molar refractivity (Wildman–Crippen MR) is 49.4 cm³/mol.